The standard InChI is InChI=1S/C10F22O4/c11-1(3(13,14)15,33-5(19,20)7(23,24)35-9(27,28)29)2(12,4(16,17)18)34-6(21,22)8(25,26)36-10(30,31)32/t1-,2-/m0/s1. The second-order valence-electron chi connectivity index (χ2n) is 5.55. The van der Waals surface area contributed by atoms with Crippen molar-refractivity contribution in [1.29, 1.82) is 0 Å². The molecule has 0 radical (unpaired) electrons. The van der Waals surface area contributed by atoms with Crippen molar-refractivity contribution in [2.24, 2.45) is 0 Å². The maximum Gasteiger partial charge on any atom is 0.527 e. The molecule has 0 aliphatic heterocycles. The first-order valence-corrected chi connectivity index (χ1v) is 7.04. The third-order valence-corrected chi connectivity index (χ3v) is 2.85. The summed E-state index contributed by atoms with van der Waals surface area (Å²) in [6.07, 6.45) is -62.8. The smallest absolute Gasteiger partial charge is 0.263 e. The van der Waals surface area contributed by atoms with E-state index in [1.807, 2.05) is 0 Å². The van der Waals surface area contributed by atoms with Gasteiger partial charge in [-0.2, -0.15) is 70.2 Å². The molecule has 2 atom stereocenters. The van der Waals surface area contributed by atoms with Crippen LogP contribution in [0.5, 0.6) is 0 Å². The van der Waals surface area contributed by atoms with Crippen LogP contribution in [0.25, 0.3) is 0 Å². The van der Waals surface area contributed by atoms with Crippen molar-refractivity contribution in [3.8, 4) is 0 Å². The van der Waals surface area contributed by atoms with Gasteiger partial charge in [-0.1, -0.05) is 0 Å². The highest BCUT2D eigenvalue weighted by atomic mass is 19.4. The van der Waals surface area contributed by atoms with E-state index in [9.17, 15) is 96.6 Å². The molecule has 0 aliphatic rings. The first-order chi connectivity index (χ1) is 15.1. The Morgan fingerprint density at radius 3 is 0.556 bits per heavy atom. The van der Waals surface area contributed by atoms with Crippen molar-refractivity contribution in [2.45, 2.75) is 61.2 Å². The van der Waals surface area contributed by atoms with Crippen LogP contribution in [-0.4, -0.2) is 61.2 Å². The third-order valence-electron chi connectivity index (χ3n) is 2.85. The Bertz CT molecular complexity index is 697. The Kier molecular flexibility index (Phi) is 8.53. The highest BCUT2D eigenvalue weighted by molar-refractivity contribution is 5.01. The van der Waals surface area contributed by atoms with Crippen LogP contribution in [0.15, 0.2) is 0 Å². The Morgan fingerprint density at radius 1 is 0.250 bits per heavy atom. The second-order valence-corrected chi connectivity index (χ2v) is 5.55. The van der Waals surface area contributed by atoms with Gasteiger partial charge in [0.1, 0.15) is 0 Å². The molecule has 218 valence electrons. The lowest BCUT2D eigenvalue weighted by Crippen LogP contribution is -2.72. The fourth-order valence-electron chi connectivity index (χ4n) is 1.49. The summed E-state index contributed by atoms with van der Waals surface area (Å²) in [5.41, 5.74) is 0. The summed E-state index contributed by atoms with van der Waals surface area (Å²) in [5.74, 6) is -17.4. The van der Waals surface area contributed by atoms with Gasteiger partial charge in [0.05, 0.1) is 0 Å². The molecular formula is C10F22O4. The van der Waals surface area contributed by atoms with Crippen LogP contribution in [0.2, 0.25) is 0 Å². The molecule has 0 bridgehead atoms. The summed E-state index contributed by atoms with van der Waals surface area (Å²) in [6.45, 7) is 0. The molecule has 0 aromatic heterocycles. The maximum absolute atomic E-state index is 14.0. The van der Waals surface area contributed by atoms with E-state index in [4.69, 9.17) is 0 Å². The van der Waals surface area contributed by atoms with E-state index < -0.39 is 61.2 Å². The topological polar surface area (TPSA) is 36.9 Å². The normalized spacial score (nSPS) is 19.2. The largest absolute Gasteiger partial charge is 0.527 e. The minimum absolute atomic E-state index is 1.09. The summed E-state index contributed by atoms with van der Waals surface area (Å²) in [5, 5.41) is 0. The van der Waals surface area contributed by atoms with E-state index in [2.05, 4.69) is 0 Å². The van der Waals surface area contributed by atoms with E-state index in [1.54, 1.807) is 0 Å². The van der Waals surface area contributed by atoms with Gasteiger partial charge >= 0.3 is 61.2 Å². The first kappa shape index (κ1) is 34.3. The van der Waals surface area contributed by atoms with Crippen molar-refractivity contribution in [2.75, 3.05) is 0 Å². The Balaban J connectivity index is 7.02. The fourth-order valence-corrected chi connectivity index (χ4v) is 1.49. The van der Waals surface area contributed by atoms with E-state index >= 15 is 0 Å². The molecule has 0 heterocycles. The third kappa shape index (κ3) is 6.99. The molecule has 0 rings (SSSR count). The summed E-state index contributed by atoms with van der Waals surface area (Å²) < 4.78 is 283. The Morgan fingerprint density at radius 2 is 0.417 bits per heavy atom. The molecule has 0 amide bonds. The van der Waals surface area contributed by atoms with Crippen LogP contribution >= 0.6 is 0 Å². The van der Waals surface area contributed by atoms with Gasteiger partial charge in [-0.3, -0.25) is 9.47 Å². The molecule has 0 unspecified atom stereocenters. The Hall–Kier alpha value is -1.70. The zero-order valence-corrected chi connectivity index (χ0v) is 14.9. The van der Waals surface area contributed by atoms with Gasteiger partial charge < -0.3 is 0 Å². The van der Waals surface area contributed by atoms with E-state index in [0.29, 0.717) is 0 Å². The average Bonchev–Trinajstić information content (AvgIpc) is 2.46. The number of hydrogen-bond acceptors (Lipinski definition) is 4. The summed E-state index contributed by atoms with van der Waals surface area (Å²) in [6, 6.07) is 0. The van der Waals surface area contributed by atoms with Crippen molar-refractivity contribution in [1.82, 2.24) is 0 Å². The average molecular weight is 602 g/mol. The van der Waals surface area contributed by atoms with Crippen LogP contribution in [-0.2, 0) is 18.9 Å². The predicted octanol–water partition coefficient (Wildman–Crippen LogP) is 6.92. The molecule has 0 spiro atoms. The van der Waals surface area contributed by atoms with Gasteiger partial charge in [0, 0.05) is 0 Å². The Labute approximate surface area is 178 Å². The number of ether oxygens (including phenoxy) is 4. The van der Waals surface area contributed by atoms with E-state index in [1.165, 1.54) is 0 Å². The number of alkyl halides is 22. The van der Waals surface area contributed by atoms with Gasteiger partial charge in [0.2, 0.25) is 0 Å². The van der Waals surface area contributed by atoms with Gasteiger partial charge in [0.25, 0.3) is 0 Å². The lowest BCUT2D eigenvalue weighted by Gasteiger charge is -2.43. The monoisotopic (exact) mass is 602 g/mol. The van der Waals surface area contributed by atoms with E-state index in [-0.39, 0.29) is 0 Å². The van der Waals surface area contributed by atoms with Crippen LogP contribution in [0.3, 0.4) is 0 Å². The molecule has 0 saturated heterocycles. The molecule has 0 N–H and O–H groups in total. The highest BCUT2D eigenvalue weighted by Crippen LogP contribution is 2.59. The maximum atomic E-state index is 14.0. The van der Waals surface area contributed by atoms with Crippen molar-refractivity contribution < 1.29 is 116 Å². The van der Waals surface area contributed by atoms with Crippen molar-refractivity contribution in [3.63, 3.8) is 0 Å². The molecule has 26 heteroatoms. The molecular weight excluding hydrogens is 602 g/mol. The van der Waals surface area contributed by atoms with Gasteiger partial charge in [-0.25, -0.2) is 9.47 Å². The number of rotatable bonds is 9. The number of halogens is 22. The van der Waals surface area contributed by atoms with Crippen LogP contribution in [0.4, 0.5) is 96.6 Å². The van der Waals surface area contributed by atoms with Crippen LogP contribution in [0, 0.1) is 0 Å². The minimum Gasteiger partial charge on any atom is -0.263 e. The van der Waals surface area contributed by atoms with Crippen molar-refractivity contribution >= 4 is 0 Å². The lowest BCUT2D eigenvalue weighted by molar-refractivity contribution is -0.592. The molecule has 0 fully saturated rings. The molecule has 4 nitrogen and oxygen atoms in total. The summed E-state index contributed by atoms with van der Waals surface area (Å²) >= 11 is 0. The zero-order valence-electron chi connectivity index (χ0n) is 14.9. The van der Waals surface area contributed by atoms with Crippen LogP contribution < -0.4 is 0 Å². The molecule has 36 heavy (non-hydrogen) atoms. The summed E-state index contributed by atoms with van der Waals surface area (Å²) in [4.78, 5) is 0. The minimum atomic E-state index is -8.70. The molecule has 0 saturated carbocycles. The zero-order chi connectivity index (χ0) is 29.8. The lowest BCUT2D eigenvalue weighted by atomic mass is 10.1. The second kappa shape index (κ2) is 8.95. The van der Waals surface area contributed by atoms with Gasteiger partial charge in [-0.05, 0) is 0 Å². The van der Waals surface area contributed by atoms with Gasteiger partial charge in [0.15, 0.2) is 0 Å². The van der Waals surface area contributed by atoms with Crippen molar-refractivity contribution in [3.05, 3.63) is 0 Å². The SMILES string of the molecule is FC(F)(F)OC(F)(F)C(F)(F)O[C@](F)(C(F)(F)F)[C@](F)(OC(F)(F)C(F)(F)OC(F)(F)F)C(F)(F)F. The van der Waals surface area contributed by atoms with E-state index in [0.717, 1.165) is 18.9 Å². The highest BCUT2D eigenvalue weighted by Gasteiger charge is 2.89. The molecule has 0 aliphatic carbocycles. The van der Waals surface area contributed by atoms with Gasteiger partial charge in [-0.15, -0.1) is 26.3 Å². The van der Waals surface area contributed by atoms with Crippen LogP contribution in [0.1, 0.15) is 0 Å². The first-order valence-electron chi connectivity index (χ1n) is 7.04. The summed E-state index contributed by atoms with van der Waals surface area (Å²) in [7, 11) is 0. The predicted molar refractivity (Wildman–Crippen MR) is 56.0 cm³/mol. The molecule has 0 aromatic rings. The fraction of sp³-hybridized carbons (Fsp3) is 1.00. The number of hydrogen-bond donors (Lipinski definition) is 0. The molecule has 0 aromatic carbocycles. The quantitative estimate of drug-likeness (QED) is 0.269.